The van der Waals surface area contributed by atoms with Crippen molar-refractivity contribution in [3.05, 3.63) is 59.2 Å². The van der Waals surface area contributed by atoms with Gasteiger partial charge in [0.15, 0.2) is 0 Å². The van der Waals surface area contributed by atoms with Gasteiger partial charge in [-0.25, -0.2) is 8.42 Å². The molecule has 0 amide bonds. The van der Waals surface area contributed by atoms with Crippen LogP contribution in [0.3, 0.4) is 0 Å². The van der Waals surface area contributed by atoms with Crippen LogP contribution in [0, 0.1) is 11.3 Å². The first kappa shape index (κ1) is 22.0. The van der Waals surface area contributed by atoms with E-state index in [1.54, 1.807) is 38.3 Å². The Morgan fingerprint density at radius 3 is 2.57 bits per heavy atom. The fourth-order valence-corrected chi connectivity index (χ4v) is 5.13. The number of hydrogen-bond donors (Lipinski definition) is 1. The molecule has 2 aromatic carbocycles. The van der Waals surface area contributed by atoms with Crippen molar-refractivity contribution in [1.82, 2.24) is 0 Å². The summed E-state index contributed by atoms with van der Waals surface area (Å²) in [6, 6.07) is 13.3. The number of ether oxygens (including phenoxy) is 2. The number of methoxy groups -OCH3 is 1. The molecule has 30 heavy (non-hydrogen) atoms. The maximum absolute atomic E-state index is 13.3. The summed E-state index contributed by atoms with van der Waals surface area (Å²) in [5.74, 6) is 0. The van der Waals surface area contributed by atoms with Gasteiger partial charge in [0.2, 0.25) is 9.84 Å². The minimum atomic E-state index is -3.82. The standard InChI is InChI=1S/C22H24N2O5S/c1-16(24-25)21-7-6-20(14-17(21)8-11-23)30(26,27)19-5-3-4-18(15-19)22(28-2)9-12-29-13-10-22/h3-7,14-15,25H,8-10,12-13H2,1-2H3/b24-16+. The Balaban J connectivity index is 2.06. The van der Waals surface area contributed by atoms with Gasteiger partial charge in [-0.15, -0.1) is 0 Å². The Bertz CT molecular complexity index is 1100. The molecule has 0 aliphatic carbocycles. The second-order valence-corrected chi connectivity index (χ2v) is 9.13. The number of rotatable bonds is 6. The molecule has 0 radical (unpaired) electrons. The Labute approximate surface area is 176 Å². The highest BCUT2D eigenvalue weighted by Crippen LogP contribution is 2.37. The Hall–Kier alpha value is -2.73. The molecular weight excluding hydrogens is 404 g/mol. The van der Waals surface area contributed by atoms with E-state index in [1.807, 2.05) is 12.1 Å². The largest absolute Gasteiger partial charge is 0.411 e. The smallest absolute Gasteiger partial charge is 0.206 e. The van der Waals surface area contributed by atoms with Gasteiger partial charge < -0.3 is 14.7 Å². The van der Waals surface area contributed by atoms with E-state index >= 15 is 0 Å². The minimum Gasteiger partial charge on any atom is -0.411 e. The lowest BCUT2D eigenvalue weighted by Gasteiger charge is -2.36. The van der Waals surface area contributed by atoms with Crippen LogP contribution in [-0.2, 0) is 31.3 Å². The molecule has 0 bridgehead atoms. The third-order valence-corrected chi connectivity index (χ3v) is 7.31. The van der Waals surface area contributed by atoms with Crippen molar-refractivity contribution in [2.75, 3.05) is 20.3 Å². The monoisotopic (exact) mass is 428 g/mol. The SMILES string of the molecule is COC1(c2cccc(S(=O)(=O)c3ccc(/C(C)=N/O)c(CC#N)c3)c2)CCOCC1. The van der Waals surface area contributed by atoms with E-state index in [1.165, 1.54) is 12.1 Å². The maximum atomic E-state index is 13.3. The summed E-state index contributed by atoms with van der Waals surface area (Å²) in [7, 11) is -2.19. The normalized spacial score (nSPS) is 16.8. The van der Waals surface area contributed by atoms with Crippen LogP contribution in [0.5, 0.6) is 0 Å². The van der Waals surface area contributed by atoms with Gasteiger partial charge in [0.25, 0.3) is 0 Å². The van der Waals surface area contributed by atoms with Crippen LogP contribution < -0.4 is 0 Å². The number of hydrogen-bond acceptors (Lipinski definition) is 7. The van der Waals surface area contributed by atoms with E-state index in [4.69, 9.17) is 19.9 Å². The first-order valence-corrected chi connectivity index (χ1v) is 11.0. The van der Waals surface area contributed by atoms with Crippen molar-refractivity contribution in [2.45, 2.75) is 41.6 Å². The van der Waals surface area contributed by atoms with Gasteiger partial charge in [0.05, 0.1) is 33.6 Å². The highest BCUT2D eigenvalue weighted by molar-refractivity contribution is 7.91. The average Bonchev–Trinajstić information content (AvgIpc) is 2.79. The molecule has 7 nitrogen and oxygen atoms in total. The van der Waals surface area contributed by atoms with E-state index in [0.717, 1.165) is 5.56 Å². The summed E-state index contributed by atoms with van der Waals surface area (Å²) in [4.78, 5) is 0.240. The van der Waals surface area contributed by atoms with Crippen LogP contribution in [-0.4, -0.2) is 39.7 Å². The molecule has 3 rings (SSSR count). The molecule has 0 spiro atoms. The molecule has 2 aromatic rings. The van der Waals surface area contributed by atoms with Gasteiger partial charge in [0.1, 0.15) is 0 Å². The van der Waals surface area contributed by atoms with Crippen LogP contribution in [0.4, 0.5) is 0 Å². The first-order chi connectivity index (χ1) is 14.4. The molecule has 0 atom stereocenters. The van der Waals surface area contributed by atoms with Gasteiger partial charge in [-0.3, -0.25) is 0 Å². The zero-order valence-electron chi connectivity index (χ0n) is 17.0. The summed E-state index contributed by atoms with van der Waals surface area (Å²) in [5, 5.41) is 21.3. The maximum Gasteiger partial charge on any atom is 0.206 e. The second kappa shape index (κ2) is 8.96. The van der Waals surface area contributed by atoms with Crippen LogP contribution in [0.1, 0.15) is 36.5 Å². The van der Waals surface area contributed by atoms with Gasteiger partial charge in [-0.2, -0.15) is 5.26 Å². The summed E-state index contributed by atoms with van der Waals surface area (Å²) in [5.41, 5.74) is 1.56. The predicted molar refractivity (Wildman–Crippen MR) is 110 cm³/mol. The van der Waals surface area contributed by atoms with Gasteiger partial charge in [-0.05, 0) is 42.3 Å². The molecular formula is C22H24N2O5S. The van der Waals surface area contributed by atoms with Crippen molar-refractivity contribution in [1.29, 1.82) is 5.26 Å². The lowest BCUT2D eigenvalue weighted by Crippen LogP contribution is -2.35. The molecule has 1 saturated heterocycles. The van der Waals surface area contributed by atoms with E-state index in [9.17, 15) is 8.42 Å². The lowest BCUT2D eigenvalue weighted by molar-refractivity contribution is -0.0948. The molecule has 0 aromatic heterocycles. The molecule has 8 heteroatoms. The Kier molecular flexibility index (Phi) is 6.56. The molecule has 0 unspecified atom stereocenters. The Morgan fingerprint density at radius 1 is 1.23 bits per heavy atom. The number of nitrogens with zero attached hydrogens (tertiary/aromatic N) is 2. The predicted octanol–water partition coefficient (Wildman–Crippen LogP) is 3.44. The summed E-state index contributed by atoms with van der Waals surface area (Å²) in [6.45, 7) is 2.69. The van der Waals surface area contributed by atoms with E-state index in [-0.39, 0.29) is 16.2 Å². The summed E-state index contributed by atoms with van der Waals surface area (Å²) in [6.07, 6.45) is 1.29. The summed E-state index contributed by atoms with van der Waals surface area (Å²) < 4.78 is 37.9. The zero-order chi connectivity index (χ0) is 21.8. The molecule has 0 saturated carbocycles. The highest BCUT2D eigenvalue weighted by Gasteiger charge is 2.35. The van der Waals surface area contributed by atoms with Crippen LogP contribution >= 0.6 is 0 Å². The number of sulfone groups is 1. The van der Waals surface area contributed by atoms with Crippen LogP contribution in [0.2, 0.25) is 0 Å². The van der Waals surface area contributed by atoms with Gasteiger partial charge in [-0.1, -0.05) is 23.4 Å². The number of benzene rings is 2. The fraction of sp³-hybridized carbons (Fsp3) is 0.364. The van der Waals surface area contributed by atoms with Crippen molar-refractivity contribution in [3.8, 4) is 6.07 Å². The highest BCUT2D eigenvalue weighted by atomic mass is 32.2. The first-order valence-electron chi connectivity index (χ1n) is 9.55. The topological polar surface area (TPSA) is 109 Å². The molecule has 1 N–H and O–H groups in total. The molecule has 158 valence electrons. The Morgan fingerprint density at radius 2 is 1.93 bits per heavy atom. The molecule has 1 fully saturated rings. The molecule has 1 aliphatic heterocycles. The van der Waals surface area contributed by atoms with E-state index in [2.05, 4.69) is 5.16 Å². The van der Waals surface area contributed by atoms with Crippen LogP contribution in [0.25, 0.3) is 0 Å². The lowest BCUT2D eigenvalue weighted by atomic mass is 9.86. The third kappa shape index (κ3) is 4.10. The zero-order valence-corrected chi connectivity index (χ0v) is 17.8. The van der Waals surface area contributed by atoms with Crippen molar-refractivity contribution in [3.63, 3.8) is 0 Å². The molecule has 1 heterocycles. The quantitative estimate of drug-likeness (QED) is 0.429. The third-order valence-electron chi connectivity index (χ3n) is 5.56. The minimum absolute atomic E-state index is 0.00161. The van der Waals surface area contributed by atoms with Crippen molar-refractivity contribution >= 4 is 15.5 Å². The van der Waals surface area contributed by atoms with E-state index in [0.29, 0.717) is 42.9 Å². The van der Waals surface area contributed by atoms with Gasteiger partial charge in [0, 0.05) is 38.7 Å². The van der Waals surface area contributed by atoms with Crippen LogP contribution in [0.15, 0.2) is 57.4 Å². The van der Waals surface area contributed by atoms with E-state index < -0.39 is 15.4 Å². The summed E-state index contributed by atoms with van der Waals surface area (Å²) >= 11 is 0. The number of nitriles is 1. The molecule has 1 aliphatic rings. The number of oxime groups is 1. The second-order valence-electron chi connectivity index (χ2n) is 7.18. The van der Waals surface area contributed by atoms with Crippen molar-refractivity contribution < 1.29 is 23.1 Å². The van der Waals surface area contributed by atoms with Gasteiger partial charge >= 0.3 is 0 Å². The average molecular weight is 429 g/mol. The van der Waals surface area contributed by atoms with Crippen molar-refractivity contribution in [2.24, 2.45) is 5.16 Å². The fourth-order valence-electron chi connectivity index (χ4n) is 3.77.